The van der Waals surface area contributed by atoms with E-state index in [1.807, 2.05) is 13.8 Å². The van der Waals surface area contributed by atoms with Crippen LogP contribution in [0.15, 0.2) is 16.8 Å². The smallest absolute Gasteiger partial charge is 0.221 e. The lowest BCUT2D eigenvalue weighted by Crippen LogP contribution is -2.35. The second kappa shape index (κ2) is 7.41. The molecular weight excluding hydrogens is 220 g/mol. The van der Waals surface area contributed by atoms with Gasteiger partial charge in [0.2, 0.25) is 5.91 Å². The standard InChI is InChI=1S/C12H20N2OS/c1-3-13-6-4-12(15)14-10(2)8-11-5-7-16-9-11/h5,7,9-10,13H,3-4,6,8H2,1-2H3,(H,14,15). The van der Waals surface area contributed by atoms with Crippen molar-refractivity contribution in [3.05, 3.63) is 22.4 Å². The van der Waals surface area contributed by atoms with Crippen LogP contribution >= 0.6 is 11.3 Å². The molecule has 1 aromatic heterocycles. The van der Waals surface area contributed by atoms with Crippen molar-refractivity contribution in [2.24, 2.45) is 0 Å². The molecule has 0 fully saturated rings. The van der Waals surface area contributed by atoms with E-state index >= 15 is 0 Å². The van der Waals surface area contributed by atoms with Crippen molar-refractivity contribution in [2.75, 3.05) is 13.1 Å². The molecule has 0 aliphatic rings. The lowest BCUT2D eigenvalue weighted by Gasteiger charge is -2.13. The van der Waals surface area contributed by atoms with Crippen LogP contribution in [0.4, 0.5) is 0 Å². The van der Waals surface area contributed by atoms with E-state index < -0.39 is 0 Å². The third-order valence-electron chi connectivity index (χ3n) is 2.31. The molecule has 0 aliphatic heterocycles. The van der Waals surface area contributed by atoms with Crippen molar-refractivity contribution in [1.82, 2.24) is 10.6 Å². The van der Waals surface area contributed by atoms with Gasteiger partial charge in [0, 0.05) is 19.0 Å². The molecule has 0 saturated heterocycles. The van der Waals surface area contributed by atoms with Crippen LogP contribution in [0, 0.1) is 0 Å². The molecule has 0 bridgehead atoms. The van der Waals surface area contributed by atoms with Crippen LogP contribution in [0.2, 0.25) is 0 Å². The predicted octanol–water partition coefficient (Wildman–Crippen LogP) is 1.79. The van der Waals surface area contributed by atoms with Gasteiger partial charge in [0.15, 0.2) is 0 Å². The molecule has 1 atom stereocenters. The first-order valence-corrected chi connectivity index (χ1v) is 6.67. The molecule has 0 aliphatic carbocycles. The zero-order valence-corrected chi connectivity index (χ0v) is 10.8. The van der Waals surface area contributed by atoms with E-state index in [0.29, 0.717) is 6.42 Å². The van der Waals surface area contributed by atoms with Crippen LogP contribution in [0.1, 0.15) is 25.8 Å². The summed E-state index contributed by atoms with van der Waals surface area (Å²) in [7, 11) is 0. The Labute approximate surface area is 101 Å². The molecule has 1 amide bonds. The summed E-state index contributed by atoms with van der Waals surface area (Å²) in [6.45, 7) is 5.76. The van der Waals surface area contributed by atoms with Crippen LogP contribution < -0.4 is 10.6 Å². The molecule has 1 heterocycles. The molecule has 1 unspecified atom stereocenters. The SMILES string of the molecule is CCNCCC(=O)NC(C)Cc1ccsc1. The fourth-order valence-electron chi connectivity index (χ4n) is 1.54. The molecule has 0 spiro atoms. The first-order valence-electron chi connectivity index (χ1n) is 5.73. The highest BCUT2D eigenvalue weighted by molar-refractivity contribution is 7.07. The van der Waals surface area contributed by atoms with E-state index in [4.69, 9.17) is 0 Å². The van der Waals surface area contributed by atoms with Crippen molar-refractivity contribution in [2.45, 2.75) is 32.7 Å². The molecule has 0 aromatic carbocycles. The predicted molar refractivity (Wildman–Crippen MR) is 68.8 cm³/mol. The summed E-state index contributed by atoms with van der Waals surface area (Å²) in [4.78, 5) is 11.5. The van der Waals surface area contributed by atoms with E-state index in [1.54, 1.807) is 11.3 Å². The van der Waals surface area contributed by atoms with Gasteiger partial charge in [-0.3, -0.25) is 4.79 Å². The molecule has 0 saturated carbocycles. The van der Waals surface area contributed by atoms with E-state index in [1.165, 1.54) is 5.56 Å². The van der Waals surface area contributed by atoms with E-state index in [9.17, 15) is 4.79 Å². The third kappa shape index (κ3) is 5.28. The van der Waals surface area contributed by atoms with Gasteiger partial charge in [0.05, 0.1) is 0 Å². The highest BCUT2D eigenvalue weighted by Crippen LogP contribution is 2.08. The Morgan fingerprint density at radius 1 is 1.56 bits per heavy atom. The minimum Gasteiger partial charge on any atom is -0.353 e. The molecule has 3 nitrogen and oxygen atoms in total. The number of hydrogen-bond acceptors (Lipinski definition) is 3. The van der Waals surface area contributed by atoms with Crippen molar-refractivity contribution in [1.29, 1.82) is 0 Å². The zero-order chi connectivity index (χ0) is 11.8. The van der Waals surface area contributed by atoms with Gasteiger partial charge < -0.3 is 10.6 Å². The molecule has 2 N–H and O–H groups in total. The van der Waals surface area contributed by atoms with Crippen molar-refractivity contribution in [3.8, 4) is 0 Å². The molecule has 4 heteroatoms. The molecular formula is C12H20N2OS. The minimum absolute atomic E-state index is 0.128. The van der Waals surface area contributed by atoms with E-state index in [-0.39, 0.29) is 11.9 Å². The topological polar surface area (TPSA) is 41.1 Å². The van der Waals surface area contributed by atoms with E-state index in [2.05, 4.69) is 27.5 Å². The summed E-state index contributed by atoms with van der Waals surface area (Å²) in [5, 5.41) is 10.3. The average Bonchev–Trinajstić information content (AvgIpc) is 2.70. The lowest BCUT2D eigenvalue weighted by atomic mass is 10.1. The number of nitrogens with one attached hydrogen (secondary N) is 2. The Bertz CT molecular complexity index is 298. The van der Waals surface area contributed by atoms with Crippen molar-refractivity contribution >= 4 is 17.2 Å². The molecule has 1 aromatic rings. The van der Waals surface area contributed by atoms with Crippen LogP contribution in [0.25, 0.3) is 0 Å². The minimum atomic E-state index is 0.128. The first-order chi connectivity index (χ1) is 7.72. The second-order valence-electron chi connectivity index (χ2n) is 3.91. The van der Waals surface area contributed by atoms with Gasteiger partial charge in [-0.05, 0) is 42.3 Å². The molecule has 0 radical (unpaired) electrons. The van der Waals surface area contributed by atoms with Gasteiger partial charge >= 0.3 is 0 Å². The Balaban J connectivity index is 2.18. The first kappa shape index (κ1) is 13.2. The molecule has 16 heavy (non-hydrogen) atoms. The molecule has 90 valence electrons. The van der Waals surface area contributed by atoms with Crippen molar-refractivity contribution in [3.63, 3.8) is 0 Å². The van der Waals surface area contributed by atoms with Gasteiger partial charge in [-0.15, -0.1) is 0 Å². The number of carbonyl (C=O) groups is 1. The van der Waals surface area contributed by atoms with Gasteiger partial charge in [0.25, 0.3) is 0 Å². The number of rotatable bonds is 7. The summed E-state index contributed by atoms with van der Waals surface area (Å²) >= 11 is 1.69. The zero-order valence-electron chi connectivity index (χ0n) is 9.95. The number of hydrogen-bond donors (Lipinski definition) is 2. The summed E-state index contributed by atoms with van der Waals surface area (Å²) in [5.41, 5.74) is 1.30. The summed E-state index contributed by atoms with van der Waals surface area (Å²) in [6, 6.07) is 2.31. The lowest BCUT2D eigenvalue weighted by molar-refractivity contribution is -0.121. The average molecular weight is 240 g/mol. The van der Waals surface area contributed by atoms with Gasteiger partial charge in [-0.1, -0.05) is 6.92 Å². The maximum Gasteiger partial charge on any atom is 0.221 e. The fourth-order valence-corrected chi connectivity index (χ4v) is 2.22. The summed E-state index contributed by atoms with van der Waals surface area (Å²) in [6.07, 6.45) is 1.47. The third-order valence-corrected chi connectivity index (χ3v) is 3.04. The van der Waals surface area contributed by atoms with Crippen LogP contribution in [0.3, 0.4) is 0 Å². The highest BCUT2D eigenvalue weighted by atomic mass is 32.1. The van der Waals surface area contributed by atoms with Crippen LogP contribution in [-0.2, 0) is 11.2 Å². The molecule has 1 rings (SSSR count). The Morgan fingerprint density at radius 3 is 3.00 bits per heavy atom. The Kier molecular flexibility index (Phi) is 6.11. The highest BCUT2D eigenvalue weighted by Gasteiger charge is 2.07. The maximum absolute atomic E-state index is 11.5. The monoisotopic (exact) mass is 240 g/mol. The van der Waals surface area contributed by atoms with Gasteiger partial charge in [-0.25, -0.2) is 0 Å². The van der Waals surface area contributed by atoms with Gasteiger partial charge in [-0.2, -0.15) is 11.3 Å². The van der Waals surface area contributed by atoms with E-state index in [0.717, 1.165) is 19.5 Å². The van der Waals surface area contributed by atoms with Crippen LogP contribution in [0.5, 0.6) is 0 Å². The quantitative estimate of drug-likeness (QED) is 0.714. The Morgan fingerprint density at radius 2 is 2.38 bits per heavy atom. The second-order valence-corrected chi connectivity index (χ2v) is 4.69. The fraction of sp³-hybridized carbons (Fsp3) is 0.583. The number of thiophene rings is 1. The summed E-state index contributed by atoms with van der Waals surface area (Å²) in [5.74, 6) is 0.128. The normalized spacial score (nSPS) is 12.4. The maximum atomic E-state index is 11.5. The largest absolute Gasteiger partial charge is 0.353 e. The van der Waals surface area contributed by atoms with Gasteiger partial charge in [0.1, 0.15) is 0 Å². The number of carbonyl (C=O) groups excluding carboxylic acids is 1. The summed E-state index contributed by atoms with van der Waals surface area (Å²) < 4.78 is 0. The van der Waals surface area contributed by atoms with Crippen molar-refractivity contribution < 1.29 is 4.79 Å². The Hall–Kier alpha value is -0.870. The number of amides is 1. The van der Waals surface area contributed by atoms with Crippen LogP contribution in [-0.4, -0.2) is 25.0 Å².